The first-order valence-electron chi connectivity index (χ1n) is 5.22. The highest BCUT2D eigenvalue weighted by Gasteiger charge is 2.27. The van der Waals surface area contributed by atoms with Gasteiger partial charge in [0.1, 0.15) is 12.3 Å². The summed E-state index contributed by atoms with van der Waals surface area (Å²) in [5.74, 6) is -0.115. The Labute approximate surface area is 116 Å². The Bertz CT molecular complexity index is 452. The molecular formula is C11H12BrF3N2O2. The van der Waals surface area contributed by atoms with Gasteiger partial charge in [0.05, 0.1) is 18.1 Å². The van der Waals surface area contributed by atoms with Gasteiger partial charge in [0.25, 0.3) is 0 Å². The van der Waals surface area contributed by atoms with E-state index >= 15 is 0 Å². The van der Waals surface area contributed by atoms with Gasteiger partial charge in [0.2, 0.25) is 5.91 Å². The molecule has 0 bridgehead atoms. The predicted molar refractivity (Wildman–Crippen MR) is 68.2 cm³/mol. The number of alkyl halides is 3. The summed E-state index contributed by atoms with van der Waals surface area (Å²) in [5.41, 5.74) is 0.592. The first kappa shape index (κ1) is 15.6. The fourth-order valence-electron chi connectivity index (χ4n) is 1.22. The van der Waals surface area contributed by atoms with Crippen LogP contribution in [0.3, 0.4) is 0 Å². The predicted octanol–water partition coefficient (Wildman–Crippen LogP) is 2.55. The topological polar surface area (TPSA) is 50.4 Å². The Kier molecular flexibility index (Phi) is 5.46. The van der Waals surface area contributed by atoms with E-state index < -0.39 is 18.6 Å². The second-order valence-electron chi connectivity index (χ2n) is 3.59. The van der Waals surface area contributed by atoms with Crippen LogP contribution < -0.4 is 15.4 Å². The summed E-state index contributed by atoms with van der Waals surface area (Å²) in [5, 5.41) is 4.48. The fraction of sp³-hybridized carbons (Fsp3) is 0.364. The van der Waals surface area contributed by atoms with E-state index in [2.05, 4.69) is 21.2 Å². The summed E-state index contributed by atoms with van der Waals surface area (Å²) in [4.78, 5) is 11.2. The van der Waals surface area contributed by atoms with Gasteiger partial charge in [0.15, 0.2) is 0 Å². The highest BCUT2D eigenvalue weighted by molar-refractivity contribution is 9.10. The summed E-state index contributed by atoms with van der Waals surface area (Å²) in [7, 11) is 1.51. The van der Waals surface area contributed by atoms with Crippen molar-refractivity contribution >= 4 is 27.5 Å². The van der Waals surface area contributed by atoms with E-state index in [0.717, 1.165) is 0 Å². The summed E-state index contributed by atoms with van der Waals surface area (Å²) < 4.78 is 41.3. The van der Waals surface area contributed by atoms with Crippen molar-refractivity contribution in [3.8, 4) is 5.75 Å². The van der Waals surface area contributed by atoms with Crippen LogP contribution in [0, 0.1) is 0 Å². The number of ether oxygens (including phenoxy) is 1. The Morgan fingerprint density at radius 1 is 1.42 bits per heavy atom. The lowest BCUT2D eigenvalue weighted by Gasteiger charge is -2.10. The molecule has 2 N–H and O–H groups in total. The van der Waals surface area contributed by atoms with Crippen LogP contribution in [-0.4, -0.2) is 32.3 Å². The minimum Gasteiger partial charge on any atom is -0.496 e. The van der Waals surface area contributed by atoms with Crippen molar-refractivity contribution in [2.45, 2.75) is 6.18 Å². The fourth-order valence-corrected chi connectivity index (χ4v) is 1.76. The third-order valence-electron chi connectivity index (χ3n) is 2.09. The van der Waals surface area contributed by atoms with Gasteiger partial charge in [-0.3, -0.25) is 4.79 Å². The van der Waals surface area contributed by atoms with Crippen LogP contribution in [0.25, 0.3) is 0 Å². The molecule has 19 heavy (non-hydrogen) atoms. The second-order valence-corrected chi connectivity index (χ2v) is 4.45. The molecule has 1 rings (SSSR count). The zero-order chi connectivity index (χ0) is 14.5. The van der Waals surface area contributed by atoms with E-state index in [9.17, 15) is 18.0 Å². The van der Waals surface area contributed by atoms with Crippen LogP contribution in [0.15, 0.2) is 22.7 Å². The average molecular weight is 341 g/mol. The van der Waals surface area contributed by atoms with E-state index in [-0.39, 0.29) is 6.54 Å². The number of hydrogen-bond donors (Lipinski definition) is 2. The zero-order valence-electron chi connectivity index (χ0n) is 9.97. The van der Waals surface area contributed by atoms with Crippen molar-refractivity contribution in [1.82, 2.24) is 5.32 Å². The lowest BCUT2D eigenvalue weighted by molar-refractivity contribution is -0.137. The van der Waals surface area contributed by atoms with Crippen molar-refractivity contribution in [3.05, 3.63) is 22.7 Å². The van der Waals surface area contributed by atoms with Gasteiger partial charge in [-0.25, -0.2) is 0 Å². The van der Waals surface area contributed by atoms with E-state index in [1.165, 1.54) is 7.11 Å². The molecule has 0 heterocycles. The summed E-state index contributed by atoms with van der Waals surface area (Å²) in [6.45, 7) is -1.57. The molecule has 0 aromatic heterocycles. The number of benzene rings is 1. The van der Waals surface area contributed by atoms with Crippen molar-refractivity contribution < 1.29 is 22.7 Å². The monoisotopic (exact) mass is 340 g/mol. The largest absolute Gasteiger partial charge is 0.496 e. The summed E-state index contributed by atoms with van der Waals surface area (Å²) in [6.07, 6.45) is -4.40. The molecule has 0 atom stereocenters. The second kappa shape index (κ2) is 6.65. The Balaban J connectivity index is 2.44. The highest BCUT2D eigenvalue weighted by Crippen LogP contribution is 2.27. The smallest absolute Gasteiger partial charge is 0.405 e. The molecule has 0 saturated heterocycles. The van der Waals surface area contributed by atoms with Crippen LogP contribution in [0.4, 0.5) is 18.9 Å². The van der Waals surface area contributed by atoms with Gasteiger partial charge in [-0.15, -0.1) is 0 Å². The van der Waals surface area contributed by atoms with E-state index in [0.29, 0.717) is 15.9 Å². The van der Waals surface area contributed by atoms with E-state index in [4.69, 9.17) is 4.74 Å². The molecule has 0 unspecified atom stereocenters. The number of carbonyl (C=O) groups is 1. The molecule has 0 aliphatic rings. The summed E-state index contributed by atoms with van der Waals surface area (Å²) >= 11 is 3.26. The van der Waals surface area contributed by atoms with E-state index in [1.54, 1.807) is 23.5 Å². The number of rotatable bonds is 5. The Hall–Kier alpha value is -1.44. The number of methoxy groups -OCH3 is 1. The zero-order valence-corrected chi connectivity index (χ0v) is 11.6. The number of nitrogens with one attached hydrogen (secondary N) is 2. The molecule has 1 amide bonds. The molecule has 0 aliphatic heterocycles. The van der Waals surface area contributed by atoms with Crippen LogP contribution in [0.5, 0.6) is 5.75 Å². The third kappa shape index (κ3) is 5.82. The SMILES string of the molecule is COc1ccc(NCC(=O)NCC(F)(F)F)cc1Br. The minimum absolute atomic E-state index is 0.241. The first-order chi connectivity index (χ1) is 8.81. The average Bonchev–Trinajstić information content (AvgIpc) is 2.33. The van der Waals surface area contributed by atoms with Crippen LogP contribution in [0.1, 0.15) is 0 Å². The van der Waals surface area contributed by atoms with Gasteiger partial charge in [0, 0.05) is 5.69 Å². The Morgan fingerprint density at radius 2 is 2.11 bits per heavy atom. The van der Waals surface area contributed by atoms with Gasteiger partial charge < -0.3 is 15.4 Å². The number of halogens is 4. The molecule has 4 nitrogen and oxygen atoms in total. The highest BCUT2D eigenvalue weighted by atomic mass is 79.9. The quantitative estimate of drug-likeness (QED) is 0.866. The lowest BCUT2D eigenvalue weighted by Crippen LogP contribution is -2.37. The number of anilines is 1. The lowest BCUT2D eigenvalue weighted by atomic mass is 10.3. The number of carbonyl (C=O) groups excluding carboxylic acids is 1. The first-order valence-corrected chi connectivity index (χ1v) is 6.02. The molecule has 0 saturated carbocycles. The van der Waals surface area contributed by atoms with Crippen LogP contribution in [0.2, 0.25) is 0 Å². The molecule has 0 spiro atoms. The Morgan fingerprint density at radius 3 is 2.63 bits per heavy atom. The number of hydrogen-bond acceptors (Lipinski definition) is 3. The van der Waals surface area contributed by atoms with Crippen LogP contribution in [-0.2, 0) is 4.79 Å². The standard InChI is InChI=1S/C11H12BrF3N2O2/c1-19-9-3-2-7(4-8(9)12)16-5-10(18)17-6-11(13,14)15/h2-4,16H,5-6H2,1H3,(H,17,18). The maximum atomic E-state index is 11.9. The third-order valence-corrected chi connectivity index (χ3v) is 2.71. The van der Waals surface area contributed by atoms with E-state index in [1.807, 2.05) is 0 Å². The maximum absolute atomic E-state index is 11.9. The maximum Gasteiger partial charge on any atom is 0.405 e. The molecule has 1 aromatic rings. The molecular weight excluding hydrogens is 329 g/mol. The van der Waals surface area contributed by atoms with Crippen molar-refractivity contribution in [3.63, 3.8) is 0 Å². The normalized spacial score (nSPS) is 11.0. The minimum atomic E-state index is -4.40. The molecule has 106 valence electrons. The van der Waals surface area contributed by atoms with Gasteiger partial charge in [-0.1, -0.05) is 0 Å². The molecule has 0 radical (unpaired) electrons. The van der Waals surface area contributed by atoms with Crippen LogP contribution >= 0.6 is 15.9 Å². The molecule has 0 fully saturated rings. The molecule has 1 aromatic carbocycles. The van der Waals surface area contributed by atoms with Crippen molar-refractivity contribution in [2.75, 3.05) is 25.5 Å². The van der Waals surface area contributed by atoms with Gasteiger partial charge in [-0.2, -0.15) is 13.2 Å². The summed E-state index contributed by atoms with van der Waals surface area (Å²) in [6, 6.07) is 4.98. The van der Waals surface area contributed by atoms with Crippen molar-refractivity contribution in [1.29, 1.82) is 0 Å². The van der Waals surface area contributed by atoms with Gasteiger partial charge >= 0.3 is 6.18 Å². The van der Waals surface area contributed by atoms with Gasteiger partial charge in [-0.05, 0) is 34.1 Å². The van der Waals surface area contributed by atoms with Crippen molar-refractivity contribution in [2.24, 2.45) is 0 Å². The number of amides is 1. The molecule has 8 heteroatoms. The molecule has 0 aliphatic carbocycles.